The molecule has 7 nitrogen and oxygen atoms in total. The van der Waals surface area contributed by atoms with Gasteiger partial charge in [-0.15, -0.1) is 0 Å². The van der Waals surface area contributed by atoms with Crippen LogP contribution in [0.1, 0.15) is 18.9 Å². The van der Waals surface area contributed by atoms with E-state index >= 15 is 0 Å². The highest BCUT2D eigenvalue weighted by atomic mass is 35.5. The van der Waals surface area contributed by atoms with E-state index in [-0.39, 0.29) is 24.6 Å². The Kier molecular flexibility index (Phi) is 11.5. The Labute approximate surface area is 214 Å². The third kappa shape index (κ3) is 7.17. The molecule has 0 aromatic heterocycles. The average molecular weight is 538 g/mol. The van der Waals surface area contributed by atoms with Gasteiger partial charge in [-0.3, -0.25) is 14.2 Å². The number of rotatable bonds is 8. The number of carbonyl (C=O) groups is 1. The Morgan fingerprint density at radius 1 is 1.23 bits per heavy atom. The predicted molar refractivity (Wildman–Crippen MR) is 135 cm³/mol. The lowest BCUT2D eigenvalue weighted by Gasteiger charge is -2.38. The van der Waals surface area contributed by atoms with E-state index in [1.165, 1.54) is 5.01 Å². The van der Waals surface area contributed by atoms with Gasteiger partial charge in [0.05, 0.1) is 25.0 Å². The number of piperazine rings is 1. The fourth-order valence-electron chi connectivity index (χ4n) is 3.90. The number of hydrogen-bond acceptors (Lipinski definition) is 6. The number of anilines is 1. The minimum atomic E-state index is -1.82. The monoisotopic (exact) mass is 537 g/mol. The highest BCUT2D eigenvalue weighted by molar-refractivity contribution is 6.32. The Morgan fingerprint density at radius 2 is 1.89 bits per heavy atom. The van der Waals surface area contributed by atoms with Crippen molar-refractivity contribution in [3.05, 3.63) is 33.4 Å². The largest absolute Gasteiger partial charge is 0.495 e. The first kappa shape index (κ1) is 29.1. The molecule has 1 N–H and O–H groups in total. The van der Waals surface area contributed by atoms with Gasteiger partial charge < -0.3 is 19.9 Å². The van der Waals surface area contributed by atoms with Gasteiger partial charge in [-0.2, -0.15) is 5.10 Å². The molecule has 2 aliphatic rings. The standard InChI is InChI=1S/C22H29Cl2F2N5O2.CH3F/c1-14-16(23)9-19(18(26)11-25)28-31(14)13-22(32)30-6-4-29(5-7-30)20-10-21(33-3)17(24)8-15(20)12-27-2;1-2/h8,10,18,27H,4-7,9,11-13H2,1-3H3;1H3. The number of allylic oxidation sites excluding steroid dienone is 2. The van der Waals surface area contributed by atoms with Gasteiger partial charge in [0.1, 0.15) is 19.0 Å². The van der Waals surface area contributed by atoms with Crippen LogP contribution < -0.4 is 15.0 Å². The number of alkyl halides is 3. The van der Waals surface area contributed by atoms with Gasteiger partial charge in [0.2, 0.25) is 5.91 Å². The molecule has 3 rings (SSSR count). The zero-order valence-electron chi connectivity index (χ0n) is 20.4. The number of hydrazone groups is 1. The summed E-state index contributed by atoms with van der Waals surface area (Å²) in [6.07, 6.45) is -1.77. The summed E-state index contributed by atoms with van der Waals surface area (Å²) in [5.74, 6) is 0.450. The Hall–Kier alpha value is -2.17. The molecule has 1 atom stereocenters. The molecule has 1 aromatic rings. The molecule has 0 bridgehead atoms. The van der Waals surface area contributed by atoms with Gasteiger partial charge in [0.15, 0.2) is 6.17 Å². The SMILES string of the molecule is CF.CNCc1cc(Cl)c(OC)cc1N1CCN(C(=O)CN2N=C(C(F)CF)CC(Cl)=C2C)CC1. The first-order chi connectivity index (χ1) is 16.8. The Bertz CT molecular complexity index is 940. The van der Waals surface area contributed by atoms with Crippen molar-refractivity contribution in [3.63, 3.8) is 0 Å². The lowest BCUT2D eigenvalue weighted by atomic mass is 10.1. The van der Waals surface area contributed by atoms with Crippen LogP contribution in [0.4, 0.5) is 18.9 Å². The summed E-state index contributed by atoms with van der Waals surface area (Å²) in [7, 11) is 3.95. The smallest absolute Gasteiger partial charge is 0.244 e. The molecular formula is C23H32Cl2F3N5O2. The van der Waals surface area contributed by atoms with Crippen molar-refractivity contribution in [1.82, 2.24) is 15.2 Å². The van der Waals surface area contributed by atoms with Crippen LogP contribution in [0.3, 0.4) is 0 Å². The second-order valence-electron chi connectivity index (χ2n) is 7.95. The lowest BCUT2D eigenvalue weighted by molar-refractivity contribution is -0.132. The number of methoxy groups -OCH3 is 1. The minimum Gasteiger partial charge on any atom is -0.495 e. The van der Waals surface area contributed by atoms with E-state index in [9.17, 15) is 18.0 Å². The van der Waals surface area contributed by atoms with E-state index in [2.05, 4.69) is 15.3 Å². The molecule has 0 saturated carbocycles. The first-order valence-corrected chi connectivity index (χ1v) is 11.9. The molecule has 0 aliphatic carbocycles. The molecule has 0 radical (unpaired) electrons. The lowest BCUT2D eigenvalue weighted by Crippen LogP contribution is -2.51. The molecular weight excluding hydrogens is 506 g/mol. The molecule has 0 spiro atoms. The van der Waals surface area contributed by atoms with Crippen LogP contribution in [0.5, 0.6) is 5.75 Å². The van der Waals surface area contributed by atoms with Crippen LogP contribution in [0.15, 0.2) is 28.0 Å². The second kappa shape index (κ2) is 13.8. The zero-order chi connectivity index (χ0) is 26.1. The highest BCUT2D eigenvalue weighted by Crippen LogP contribution is 2.34. The molecule has 1 unspecified atom stereocenters. The Balaban J connectivity index is 0.00000210. The van der Waals surface area contributed by atoms with Crippen molar-refractivity contribution >= 4 is 40.5 Å². The first-order valence-electron chi connectivity index (χ1n) is 11.1. The quantitative estimate of drug-likeness (QED) is 0.540. The summed E-state index contributed by atoms with van der Waals surface area (Å²) in [5, 5.41) is 9.57. The van der Waals surface area contributed by atoms with Crippen LogP contribution in [0, 0.1) is 0 Å². The molecule has 12 heteroatoms. The van der Waals surface area contributed by atoms with Crippen molar-refractivity contribution in [2.75, 3.05) is 65.6 Å². The number of carbonyl (C=O) groups excluding carboxylic acids is 1. The number of nitrogens with one attached hydrogen (secondary N) is 1. The van der Waals surface area contributed by atoms with E-state index in [0.29, 0.717) is 61.4 Å². The van der Waals surface area contributed by atoms with Gasteiger partial charge >= 0.3 is 0 Å². The zero-order valence-corrected chi connectivity index (χ0v) is 21.9. The van der Waals surface area contributed by atoms with Crippen molar-refractivity contribution in [1.29, 1.82) is 0 Å². The van der Waals surface area contributed by atoms with Crippen molar-refractivity contribution < 1.29 is 22.7 Å². The van der Waals surface area contributed by atoms with Crippen LogP contribution >= 0.6 is 23.2 Å². The third-order valence-electron chi connectivity index (χ3n) is 5.84. The number of ether oxygens (including phenoxy) is 1. The summed E-state index contributed by atoms with van der Waals surface area (Å²) in [5.41, 5.74) is 2.62. The maximum Gasteiger partial charge on any atom is 0.244 e. The maximum atomic E-state index is 13.8. The summed E-state index contributed by atoms with van der Waals surface area (Å²) in [4.78, 5) is 16.9. The summed E-state index contributed by atoms with van der Waals surface area (Å²) < 4.78 is 41.5. The predicted octanol–water partition coefficient (Wildman–Crippen LogP) is 4.14. The number of benzene rings is 1. The fraction of sp³-hybridized carbons (Fsp3) is 0.565. The second-order valence-corrected chi connectivity index (χ2v) is 8.81. The van der Waals surface area contributed by atoms with Crippen molar-refractivity contribution in [2.45, 2.75) is 26.1 Å². The number of amides is 1. The molecule has 1 fully saturated rings. The summed E-state index contributed by atoms with van der Waals surface area (Å²) in [6, 6.07) is 3.81. The number of nitrogens with zero attached hydrogens (tertiary/aromatic N) is 4. The molecule has 35 heavy (non-hydrogen) atoms. The molecule has 196 valence electrons. The van der Waals surface area contributed by atoms with Crippen LogP contribution in [0.25, 0.3) is 0 Å². The van der Waals surface area contributed by atoms with Crippen LogP contribution in [-0.4, -0.2) is 88.4 Å². The van der Waals surface area contributed by atoms with E-state index in [0.717, 1.165) is 11.3 Å². The fourth-order valence-corrected chi connectivity index (χ4v) is 4.40. The molecule has 2 aliphatic heterocycles. The number of hydrogen-bond donors (Lipinski definition) is 1. The van der Waals surface area contributed by atoms with E-state index in [4.69, 9.17) is 27.9 Å². The topological polar surface area (TPSA) is 60.4 Å². The summed E-state index contributed by atoms with van der Waals surface area (Å²) >= 11 is 12.5. The van der Waals surface area contributed by atoms with E-state index < -0.39 is 12.8 Å². The van der Waals surface area contributed by atoms with Crippen molar-refractivity contribution in [3.8, 4) is 5.75 Å². The van der Waals surface area contributed by atoms with Gasteiger partial charge in [-0.05, 0) is 25.6 Å². The molecule has 1 aromatic carbocycles. The van der Waals surface area contributed by atoms with Gasteiger partial charge in [-0.25, -0.2) is 8.78 Å². The van der Waals surface area contributed by atoms with E-state index in [1.54, 1.807) is 18.9 Å². The van der Waals surface area contributed by atoms with Gasteiger partial charge in [-0.1, -0.05) is 23.2 Å². The van der Waals surface area contributed by atoms with Gasteiger partial charge in [0, 0.05) is 61.6 Å². The van der Waals surface area contributed by atoms with Gasteiger partial charge in [0.25, 0.3) is 0 Å². The Morgan fingerprint density at radius 3 is 2.46 bits per heavy atom. The molecule has 1 amide bonds. The average Bonchev–Trinajstić information content (AvgIpc) is 2.87. The minimum absolute atomic E-state index is 0.000493. The molecule has 1 saturated heterocycles. The van der Waals surface area contributed by atoms with Crippen LogP contribution in [0.2, 0.25) is 5.02 Å². The molecule has 2 heterocycles. The van der Waals surface area contributed by atoms with E-state index in [1.807, 2.05) is 19.2 Å². The van der Waals surface area contributed by atoms with Crippen LogP contribution in [-0.2, 0) is 11.3 Å². The maximum absolute atomic E-state index is 13.8. The number of halogens is 5. The third-order valence-corrected chi connectivity index (χ3v) is 6.54. The van der Waals surface area contributed by atoms with Crippen molar-refractivity contribution in [2.24, 2.45) is 5.10 Å². The summed E-state index contributed by atoms with van der Waals surface area (Å²) in [6.45, 7) is 3.40. The normalized spacial score (nSPS) is 17.1. The highest BCUT2D eigenvalue weighted by Gasteiger charge is 2.28.